The second-order valence-corrected chi connectivity index (χ2v) is 8.34. The van der Waals surface area contributed by atoms with Crippen LogP contribution in [0.2, 0.25) is 10.0 Å². The lowest BCUT2D eigenvalue weighted by atomic mass is 10.0. The quantitative estimate of drug-likeness (QED) is 0.471. The third kappa shape index (κ3) is 3.13. The highest BCUT2D eigenvalue weighted by Crippen LogP contribution is 2.38. The van der Waals surface area contributed by atoms with Crippen LogP contribution in [0.25, 0.3) is 21.6 Å². The lowest BCUT2D eigenvalue weighted by Gasteiger charge is -2.30. The number of anilines is 1. The molecule has 3 heterocycles. The fourth-order valence-corrected chi connectivity index (χ4v) is 4.65. The van der Waals surface area contributed by atoms with Gasteiger partial charge in [-0.15, -0.1) is 0 Å². The minimum absolute atomic E-state index is 0.0615. The van der Waals surface area contributed by atoms with Crippen LogP contribution >= 0.6 is 23.2 Å². The van der Waals surface area contributed by atoms with E-state index in [9.17, 15) is 0 Å². The van der Waals surface area contributed by atoms with Gasteiger partial charge in [0.25, 0.3) is 0 Å². The zero-order chi connectivity index (χ0) is 20.0. The van der Waals surface area contributed by atoms with E-state index in [-0.39, 0.29) is 6.04 Å². The number of rotatable bonds is 2. The Kier molecular flexibility index (Phi) is 4.99. The standard InChI is InChI=1S/C22H22Cl2N4/c1-13-10-20(27-9-5-6-17(12-27)25-4)21-14(2)15(3)28(22(21)26-13)19-8-7-16(23)11-18(19)24/h7-8,10-11,17H,5-6,9,12H2,1-3H3. The maximum atomic E-state index is 7.44. The predicted octanol–water partition coefficient (Wildman–Crippen LogP) is 6.15. The molecule has 6 heteroatoms. The van der Waals surface area contributed by atoms with Crippen molar-refractivity contribution in [1.29, 1.82) is 0 Å². The topological polar surface area (TPSA) is 25.4 Å². The lowest BCUT2D eigenvalue weighted by Crippen LogP contribution is -2.37. The van der Waals surface area contributed by atoms with Crippen molar-refractivity contribution in [2.75, 3.05) is 18.0 Å². The van der Waals surface area contributed by atoms with Gasteiger partial charge in [-0.1, -0.05) is 23.2 Å². The van der Waals surface area contributed by atoms with Gasteiger partial charge in [0.1, 0.15) is 5.65 Å². The van der Waals surface area contributed by atoms with E-state index >= 15 is 0 Å². The number of hydrogen-bond acceptors (Lipinski definition) is 2. The Morgan fingerprint density at radius 3 is 2.64 bits per heavy atom. The summed E-state index contributed by atoms with van der Waals surface area (Å²) in [6.45, 7) is 15.4. The van der Waals surface area contributed by atoms with Crippen molar-refractivity contribution in [2.24, 2.45) is 0 Å². The van der Waals surface area contributed by atoms with E-state index in [0.29, 0.717) is 10.0 Å². The molecule has 1 aromatic carbocycles. The normalized spacial score (nSPS) is 17.1. The number of piperidine rings is 1. The van der Waals surface area contributed by atoms with Crippen molar-refractivity contribution in [3.63, 3.8) is 0 Å². The number of pyridine rings is 1. The van der Waals surface area contributed by atoms with E-state index in [4.69, 9.17) is 34.8 Å². The summed E-state index contributed by atoms with van der Waals surface area (Å²) < 4.78 is 2.12. The number of fused-ring (bicyclic) bond motifs is 1. The Labute approximate surface area is 175 Å². The van der Waals surface area contributed by atoms with Crippen LogP contribution in [0.3, 0.4) is 0 Å². The van der Waals surface area contributed by atoms with Crippen LogP contribution in [0.15, 0.2) is 24.3 Å². The largest absolute Gasteiger partial charge is 0.363 e. The van der Waals surface area contributed by atoms with Gasteiger partial charge < -0.3 is 9.74 Å². The number of hydrogen-bond donors (Lipinski definition) is 0. The van der Waals surface area contributed by atoms with Crippen molar-refractivity contribution in [1.82, 2.24) is 9.55 Å². The minimum Gasteiger partial charge on any atom is -0.363 e. The average molecular weight is 413 g/mol. The number of halogens is 2. The fraction of sp³-hybridized carbons (Fsp3) is 0.364. The Morgan fingerprint density at radius 1 is 1.14 bits per heavy atom. The Balaban J connectivity index is 1.97. The van der Waals surface area contributed by atoms with Gasteiger partial charge in [-0.3, -0.25) is 4.57 Å². The first-order valence-corrected chi connectivity index (χ1v) is 10.2. The molecule has 28 heavy (non-hydrogen) atoms. The molecule has 4 rings (SSSR count). The van der Waals surface area contributed by atoms with Crippen LogP contribution in [0.1, 0.15) is 29.8 Å². The van der Waals surface area contributed by atoms with Crippen molar-refractivity contribution < 1.29 is 0 Å². The second-order valence-electron chi connectivity index (χ2n) is 7.49. The van der Waals surface area contributed by atoms with E-state index in [1.807, 2.05) is 19.1 Å². The SMILES string of the molecule is [C-]#[N+]C1CCCN(c2cc(C)nc3c2c(C)c(C)n3-c2ccc(Cl)cc2Cl)C1. The highest BCUT2D eigenvalue weighted by Gasteiger charge is 2.27. The zero-order valence-corrected chi connectivity index (χ0v) is 17.8. The number of nitrogens with zero attached hydrogens (tertiary/aromatic N) is 4. The highest BCUT2D eigenvalue weighted by molar-refractivity contribution is 6.35. The Morgan fingerprint density at radius 2 is 1.93 bits per heavy atom. The van der Waals surface area contributed by atoms with E-state index in [1.165, 1.54) is 11.3 Å². The Hall–Kier alpha value is -2.22. The summed E-state index contributed by atoms with van der Waals surface area (Å²) in [6.07, 6.45) is 2.02. The zero-order valence-electron chi connectivity index (χ0n) is 16.3. The van der Waals surface area contributed by atoms with Gasteiger partial charge in [0.05, 0.1) is 22.9 Å². The molecule has 3 aromatic rings. The molecule has 0 saturated carbocycles. The molecular weight excluding hydrogens is 391 g/mol. The van der Waals surface area contributed by atoms with Crippen molar-refractivity contribution >= 4 is 39.9 Å². The van der Waals surface area contributed by atoms with E-state index in [0.717, 1.165) is 54.0 Å². The molecule has 0 N–H and O–H groups in total. The lowest BCUT2D eigenvalue weighted by molar-refractivity contribution is 0.551. The monoisotopic (exact) mass is 412 g/mol. The first-order valence-electron chi connectivity index (χ1n) is 9.47. The second kappa shape index (κ2) is 7.31. The summed E-state index contributed by atoms with van der Waals surface area (Å²) in [5, 5.41) is 2.35. The van der Waals surface area contributed by atoms with Gasteiger partial charge in [0.2, 0.25) is 6.04 Å². The van der Waals surface area contributed by atoms with Crippen LogP contribution in [-0.4, -0.2) is 28.7 Å². The first kappa shape index (κ1) is 19.1. The molecule has 0 bridgehead atoms. The number of aryl methyl sites for hydroxylation is 2. The van der Waals surface area contributed by atoms with Gasteiger partial charge in [-0.25, -0.2) is 11.6 Å². The molecule has 0 spiro atoms. The number of benzene rings is 1. The average Bonchev–Trinajstić information content (AvgIpc) is 2.92. The Bertz CT molecular complexity index is 1110. The molecule has 0 amide bonds. The third-order valence-corrected chi connectivity index (χ3v) is 6.18. The molecular formula is C22H22Cl2N4. The van der Waals surface area contributed by atoms with E-state index in [1.54, 1.807) is 6.07 Å². The van der Waals surface area contributed by atoms with Crippen molar-refractivity contribution in [3.8, 4) is 5.69 Å². The molecule has 4 nitrogen and oxygen atoms in total. The molecule has 2 aromatic heterocycles. The summed E-state index contributed by atoms with van der Waals surface area (Å²) in [5.74, 6) is 0. The van der Waals surface area contributed by atoms with E-state index in [2.05, 4.69) is 34.2 Å². The van der Waals surface area contributed by atoms with Crippen molar-refractivity contribution in [2.45, 2.75) is 39.7 Å². The van der Waals surface area contributed by atoms with Crippen LogP contribution < -0.4 is 4.90 Å². The van der Waals surface area contributed by atoms with Crippen molar-refractivity contribution in [3.05, 3.63) is 62.7 Å². The van der Waals surface area contributed by atoms with Crippen LogP contribution in [0, 0.1) is 27.3 Å². The third-order valence-electron chi connectivity index (χ3n) is 5.64. The summed E-state index contributed by atoms with van der Waals surface area (Å²) in [5.41, 5.74) is 6.20. The summed E-state index contributed by atoms with van der Waals surface area (Å²) in [4.78, 5) is 11.0. The van der Waals surface area contributed by atoms with Gasteiger partial charge in [0, 0.05) is 34.8 Å². The van der Waals surface area contributed by atoms with Gasteiger partial charge in [-0.2, -0.15) is 0 Å². The summed E-state index contributed by atoms with van der Waals surface area (Å²) in [7, 11) is 0. The molecule has 144 valence electrons. The van der Waals surface area contributed by atoms with Crippen LogP contribution in [-0.2, 0) is 0 Å². The molecule has 1 unspecified atom stereocenters. The molecule has 1 fully saturated rings. The number of aromatic nitrogens is 2. The molecule has 0 aliphatic carbocycles. The summed E-state index contributed by atoms with van der Waals surface area (Å²) in [6, 6.07) is 7.77. The van der Waals surface area contributed by atoms with Gasteiger partial charge >= 0.3 is 0 Å². The molecule has 1 atom stereocenters. The molecule has 0 radical (unpaired) electrons. The molecule has 1 aliphatic rings. The molecule has 1 saturated heterocycles. The first-order chi connectivity index (χ1) is 13.4. The fourth-order valence-electron chi connectivity index (χ4n) is 4.15. The predicted molar refractivity (Wildman–Crippen MR) is 117 cm³/mol. The smallest absolute Gasteiger partial charge is 0.240 e. The van der Waals surface area contributed by atoms with Crippen LogP contribution in [0.5, 0.6) is 0 Å². The highest BCUT2D eigenvalue weighted by atomic mass is 35.5. The molecule has 1 aliphatic heterocycles. The maximum absolute atomic E-state index is 7.44. The van der Waals surface area contributed by atoms with Crippen LogP contribution in [0.4, 0.5) is 5.69 Å². The maximum Gasteiger partial charge on any atom is 0.240 e. The van der Waals surface area contributed by atoms with E-state index < -0.39 is 0 Å². The van der Waals surface area contributed by atoms with Gasteiger partial charge in [0.15, 0.2) is 0 Å². The summed E-state index contributed by atoms with van der Waals surface area (Å²) >= 11 is 12.6. The minimum atomic E-state index is 0.0615. The van der Waals surface area contributed by atoms with Gasteiger partial charge in [-0.05, 0) is 57.0 Å².